The van der Waals surface area contributed by atoms with Crippen LogP contribution in [-0.4, -0.2) is 47.4 Å². The first-order valence-electron chi connectivity index (χ1n) is 14.5. The zero-order valence-electron chi connectivity index (χ0n) is 26.1. The first kappa shape index (κ1) is 35.7. The number of pyridine rings is 1. The molecule has 3 aromatic carbocycles. The number of aromatic nitrogens is 1. The summed E-state index contributed by atoms with van der Waals surface area (Å²) in [4.78, 5) is 15.7. The summed E-state index contributed by atoms with van der Waals surface area (Å²) >= 11 is 6.62. The monoisotopic (exact) mass is 689 g/mol. The maximum absolute atomic E-state index is 11.7. The highest BCUT2D eigenvalue weighted by molar-refractivity contribution is 7.85. The number of rotatable bonds is 15. The van der Waals surface area contributed by atoms with Gasteiger partial charge in [-0.25, -0.2) is 0 Å². The van der Waals surface area contributed by atoms with Gasteiger partial charge in [0.25, 0.3) is 10.1 Å². The molecule has 0 fully saturated rings. The van der Waals surface area contributed by atoms with E-state index < -0.39 is 27.9 Å². The summed E-state index contributed by atoms with van der Waals surface area (Å²) in [6.07, 6.45) is 8.32. The fourth-order valence-corrected chi connectivity index (χ4v) is 5.80. The van der Waals surface area contributed by atoms with Crippen molar-refractivity contribution in [1.82, 2.24) is 10.3 Å². The Morgan fingerprint density at radius 1 is 0.979 bits per heavy atom. The van der Waals surface area contributed by atoms with Gasteiger partial charge >= 0.3 is 5.97 Å². The van der Waals surface area contributed by atoms with Gasteiger partial charge in [-0.05, 0) is 59.9 Å². The predicted molar refractivity (Wildman–Crippen MR) is 179 cm³/mol. The van der Waals surface area contributed by atoms with Gasteiger partial charge < -0.3 is 19.3 Å². The molecule has 0 bridgehead atoms. The molecule has 48 heavy (non-hydrogen) atoms. The van der Waals surface area contributed by atoms with Gasteiger partial charge in [-0.1, -0.05) is 47.9 Å². The van der Waals surface area contributed by atoms with Crippen molar-refractivity contribution in [2.45, 2.75) is 39.6 Å². The number of carboxylic acid groups (broad SMARTS) is 1. The molecule has 0 spiro atoms. The Morgan fingerprint density at radius 3 is 2.38 bits per heavy atom. The third-order valence-corrected chi connectivity index (χ3v) is 8.41. The highest BCUT2D eigenvalue weighted by Crippen LogP contribution is 2.36. The van der Waals surface area contributed by atoms with Crippen LogP contribution in [0.5, 0.6) is 17.2 Å². The Balaban J connectivity index is 1.61. The van der Waals surface area contributed by atoms with E-state index in [4.69, 9.17) is 32.2 Å². The first-order valence-corrected chi connectivity index (χ1v) is 16.5. The average molecular weight is 690 g/mol. The molecule has 0 aliphatic rings. The van der Waals surface area contributed by atoms with E-state index in [2.05, 4.69) is 16.2 Å². The van der Waals surface area contributed by atoms with Crippen LogP contribution in [-0.2, 0) is 34.7 Å². The number of halogens is 1. The molecule has 0 saturated heterocycles. The van der Waals surface area contributed by atoms with Crippen LogP contribution < -0.4 is 19.5 Å². The topological polar surface area (TPSA) is 168 Å². The van der Waals surface area contributed by atoms with Crippen molar-refractivity contribution in [3.8, 4) is 46.8 Å². The lowest BCUT2D eigenvalue weighted by Gasteiger charge is -2.19. The molecule has 4 rings (SSSR count). The second-order valence-corrected chi connectivity index (χ2v) is 12.6. The number of ether oxygens (including phenoxy) is 3. The molecule has 3 N–H and O–H groups in total. The molecule has 0 radical (unpaired) electrons. The smallest absolute Gasteiger partial charge is 0.321 e. The second kappa shape index (κ2) is 16.1. The van der Waals surface area contributed by atoms with Crippen molar-refractivity contribution in [2.75, 3.05) is 12.4 Å². The molecule has 1 heterocycles. The van der Waals surface area contributed by atoms with E-state index in [-0.39, 0.29) is 42.9 Å². The standard InChI is InChI=1S/C35H32ClN3O8S/c1-4-11-45-32-10-6-9-29(23(32)3)28-8-5-7-26(22(28)2)20-47-34-14-33(46-19-25-12-24(15-37)16-38-17-25)27(13-30(34)36)18-39-31(35(40)41)21-48(42,43)44/h1,5-10,12-14,16-17,31,39H,11,18-21H2,2-3H3,(H,40,41)(H,42,43,44)/t31-/m0/s1. The van der Waals surface area contributed by atoms with E-state index in [1.807, 2.05) is 56.3 Å². The zero-order chi connectivity index (χ0) is 34.8. The molecule has 1 aromatic heterocycles. The van der Waals surface area contributed by atoms with Crippen LogP contribution in [0.3, 0.4) is 0 Å². The summed E-state index contributed by atoms with van der Waals surface area (Å²) in [7, 11) is -4.58. The van der Waals surface area contributed by atoms with Crippen molar-refractivity contribution in [1.29, 1.82) is 5.26 Å². The lowest BCUT2D eigenvalue weighted by atomic mass is 9.93. The number of hydrogen-bond acceptors (Lipinski definition) is 9. The number of nitrogens with one attached hydrogen (secondary N) is 1. The summed E-state index contributed by atoms with van der Waals surface area (Å²) in [6, 6.07) is 16.7. The van der Waals surface area contributed by atoms with Crippen LogP contribution in [0.15, 0.2) is 67.0 Å². The van der Waals surface area contributed by atoms with Gasteiger partial charge in [0.2, 0.25) is 0 Å². The number of carbonyl (C=O) groups is 1. The van der Waals surface area contributed by atoms with Gasteiger partial charge in [0.1, 0.15) is 54.9 Å². The van der Waals surface area contributed by atoms with Crippen molar-refractivity contribution in [2.24, 2.45) is 0 Å². The molecule has 11 nitrogen and oxygen atoms in total. The van der Waals surface area contributed by atoms with Crippen LogP contribution in [0.2, 0.25) is 5.02 Å². The van der Waals surface area contributed by atoms with E-state index in [1.54, 1.807) is 12.1 Å². The molecule has 4 aromatic rings. The van der Waals surface area contributed by atoms with Crippen LogP contribution in [0, 0.1) is 37.5 Å². The number of benzene rings is 3. The molecule has 248 valence electrons. The van der Waals surface area contributed by atoms with E-state index in [0.717, 1.165) is 27.8 Å². The fourth-order valence-electron chi connectivity index (χ4n) is 4.88. The summed E-state index contributed by atoms with van der Waals surface area (Å²) < 4.78 is 49.9. The van der Waals surface area contributed by atoms with Gasteiger partial charge in [-0.2, -0.15) is 13.7 Å². The summed E-state index contributed by atoms with van der Waals surface area (Å²) in [6.45, 7) is 4.08. The van der Waals surface area contributed by atoms with Crippen LogP contribution >= 0.6 is 11.6 Å². The lowest BCUT2D eigenvalue weighted by Crippen LogP contribution is -2.41. The molecular weight excluding hydrogens is 658 g/mol. The van der Waals surface area contributed by atoms with Gasteiger partial charge in [0, 0.05) is 36.1 Å². The van der Waals surface area contributed by atoms with E-state index in [1.165, 1.54) is 18.5 Å². The predicted octanol–water partition coefficient (Wildman–Crippen LogP) is 5.49. The largest absolute Gasteiger partial charge is 0.488 e. The van der Waals surface area contributed by atoms with Crippen LogP contribution in [0.4, 0.5) is 0 Å². The molecule has 0 amide bonds. The second-order valence-electron chi connectivity index (χ2n) is 10.7. The Labute approximate surface area is 283 Å². The summed E-state index contributed by atoms with van der Waals surface area (Å²) in [5.74, 6) is 1.20. The van der Waals surface area contributed by atoms with Gasteiger partial charge in [0.05, 0.1) is 10.6 Å². The van der Waals surface area contributed by atoms with Crippen molar-refractivity contribution < 1.29 is 37.1 Å². The van der Waals surface area contributed by atoms with E-state index in [0.29, 0.717) is 22.4 Å². The number of nitriles is 1. The minimum absolute atomic E-state index is 0.00536. The minimum atomic E-state index is -4.58. The summed E-state index contributed by atoms with van der Waals surface area (Å²) in [5.41, 5.74) is 6.11. The molecule has 0 unspecified atom stereocenters. The highest BCUT2D eigenvalue weighted by atomic mass is 35.5. The third-order valence-electron chi connectivity index (χ3n) is 7.36. The number of hydrogen-bond donors (Lipinski definition) is 3. The zero-order valence-corrected chi connectivity index (χ0v) is 27.6. The lowest BCUT2D eigenvalue weighted by molar-refractivity contribution is -0.138. The molecule has 0 aliphatic carbocycles. The summed E-state index contributed by atoms with van der Waals surface area (Å²) in [5, 5.41) is 21.5. The van der Waals surface area contributed by atoms with Crippen LogP contribution in [0.1, 0.15) is 33.4 Å². The maximum atomic E-state index is 11.7. The van der Waals surface area contributed by atoms with Crippen LogP contribution in [0.25, 0.3) is 11.1 Å². The fraction of sp³-hybridized carbons (Fsp3) is 0.229. The Morgan fingerprint density at radius 2 is 1.69 bits per heavy atom. The number of carboxylic acids is 1. The Hall–Kier alpha value is -5.11. The normalized spacial score (nSPS) is 11.6. The van der Waals surface area contributed by atoms with Gasteiger partial charge in [-0.3, -0.25) is 19.6 Å². The van der Waals surface area contributed by atoms with E-state index in [9.17, 15) is 28.1 Å². The molecule has 0 saturated carbocycles. The van der Waals surface area contributed by atoms with Crippen molar-refractivity contribution in [3.63, 3.8) is 0 Å². The average Bonchev–Trinajstić information content (AvgIpc) is 3.05. The highest BCUT2D eigenvalue weighted by Gasteiger charge is 2.24. The number of terminal acetylenes is 1. The van der Waals surface area contributed by atoms with E-state index >= 15 is 0 Å². The van der Waals surface area contributed by atoms with Crippen molar-refractivity contribution >= 4 is 27.7 Å². The van der Waals surface area contributed by atoms with Crippen molar-refractivity contribution in [3.05, 3.63) is 105 Å². The SMILES string of the molecule is C#CCOc1cccc(-c2cccc(COc3cc(OCc4cncc(C#N)c4)c(CN[C@@H](CS(=O)(=O)O)C(=O)O)cc3Cl)c2C)c1C. The number of nitrogens with zero attached hydrogens (tertiary/aromatic N) is 2. The molecule has 0 aliphatic heterocycles. The molecule has 13 heteroatoms. The third kappa shape index (κ3) is 9.47. The van der Waals surface area contributed by atoms with Gasteiger partial charge in [0.15, 0.2) is 0 Å². The first-order chi connectivity index (χ1) is 22.9. The Bertz CT molecular complexity index is 2000. The molecule has 1 atom stereocenters. The quantitative estimate of drug-likeness (QED) is 0.107. The Kier molecular flexibility index (Phi) is 12.0. The number of aliphatic carboxylic acids is 1. The van der Waals surface area contributed by atoms with Gasteiger partial charge in [-0.15, -0.1) is 6.42 Å². The molecular formula is C35H32ClN3O8S. The minimum Gasteiger partial charge on any atom is -0.488 e. The maximum Gasteiger partial charge on any atom is 0.321 e.